The quantitative estimate of drug-likeness (QED) is 0.320. The average Bonchev–Trinajstić information content (AvgIpc) is 2.74. The van der Waals surface area contributed by atoms with Gasteiger partial charge in [-0.15, -0.1) is 0 Å². The maximum absolute atomic E-state index is 2.62. The molecular formula is C29H34N+. The summed E-state index contributed by atoms with van der Waals surface area (Å²) < 4.78 is 2.62. The Bertz CT molecular complexity index is 1180. The van der Waals surface area contributed by atoms with E-state index in [1.54, 1.807) is 0 Å². The minimum Gasteiger partial charge on any atom is -0.188 e. The normalized spacial score (nSPS) is 23.6. The molecule has 2 aromatic carbocycles. The Morgan fingerprint density at radius 2 is 1.70 bits per heavy atom. The lowest BCUT2D eigenvalue weighted by Crippen LogP contribution is -2.72. The molecule has 2 heterocycles. The van der Waals surface area contributed by atoms with Gasteiger partial charge in [0, 0.05) is 18.1 Å². The third-order valence-electron chi connectivity index (χ3n) is 8.19. The van der Waals surface area contributed by atoms with Crippen molar-refractivity contribution in [1.82, 2.24) is 0 Å². The summed E-state index contributed by atoms with van der Waals surface area (Å²) in [6, 6.07) is 14.3. The van der Waals surface area contributed by atoms with Gasteiger partial charge >= 0.3 is 0 Å². The number of unbranched alkanes of at least 4 members (excludes halogenated alkanes) is 1. The van der Waals surface area contributed by atoms with Gasteiger partial charge in [-0.1, -0.05) is 63.6 Å². The number of hydrogen-bond donors (Lipinski definition) is 0. The summed E-state index contributed by atoms with van der Waals surface area (Å²) in [4.78, 5) is 0. The van der Waals surface area contributed by atoms with Crippen molar-refractivity contribution < 1.29 is 4.57 Å². The molecule has 30 heavy (non-hydrogen) atoms. The molecule has 2 unspecified atom stereocenters. The van der Waals surface area contributed by atoms with Gasteiger partial charge in [-0.25, -0.2) is 0 Å². The fourth-order valence-electron chi connectivity index (χ4n) is 6.25. The number of aryl methyl sites for hydroxylation is 3. The van der Waals surface area contributed by atoms with E-state index < -0.39 is 0 Å². The number of hydrogen-bond acceptors (Lipinski definition) is 0. The molecule has 2 atom stereocenters. The zero-order valence-corrected chi connectivity index (χ0v) is 19.2. The molecule has 0 spiro atoms. The second kappa shape index (κ2) is 6.80. The summed E-state index contributed by atoms with van der Waals surface area (Å²) >= 11 is 0. The fraction of sp³-hybridized carbons (Fsp3) is 0.414. The molecule has 1 heteroatoms. The lowest BCUT2D eigenvalue weighted by atomic mass is 9.52. The SMILES string of the molecule is CCCCc1cccc2c3c(ccc12)C1(CC)C=CC1(CC)[n+]1cc(C)c(C)cc1-3. The van der Waals surface area contributed by atoms with E-state index in [4.69, 9.17) is 0 Å². The molecule has 0 bridgehead atoms. The molecule has 0 saturated carbocycles. The van der Waals surface area contributed by atoms with Crippen LogP contribution in [0, 0.1) is 13.8 Å². The van der Waals surface area contributed by atoms with Crippen molar-refractivity contribution in [3.63, 3.8) is 0 Å². The maximum Gasteiger partial charge on any atom is 0.214 e. The monoisotopic (exact) mass is 396 g/mol. The van der Waals surface area contributed by atoms with Gasteiger partial charge in [0.2, 0.25) is 5.69 Å². The van der Waals surface area contributed by atoms with E-state index in [2.05, 4.69) is 93.9 Å². The van der Waals surface area contributed by atoms with E-state index >= 15 is 0 Å². The van der Waals surface area contributed by atoms with E-state index in [1.807, 2.05) is 0 Å². The molecule has 2 aliphatic rings. The van der Waals surface area contributed by atoms with Gasteiger partial charge in [-0.3, -0.25) is 0 Å². The van der Waals surface area contributed by atoms with Crippen LogP contribution in [0.15, 0.2) is 54.7 Å². The number of nitrogens with zero attached hydrogens (tertiary/aromatic N) is 1. The zero-order chi connectivity index (χ0) is 21.1. The molecule has 1 aliphatic carbocycles. The van der Waals surface area contributed by atoms with E-state index in [-0.39, 0.29) is 11.0 Å². The zero-order valence-electron chi connectivity index (χ0n) is 19.2. The van der Waals surface area contributed by atoms with Crippen LogP contribution in [0.1, 0.15) is 68.7 Å². The highest BCUT2D eigenvalue weighted by molar-refractivity contribution is 6.00. The molecule has 0 radical (unpaired) electrons. The van der Waals surface area contributed by atoms with Crippen LogP contribution < -0.4 is 4.57 Å². The first-order valence-corrected chi connectivity index (χ1v) is 11.8. The van der Waals surface area contributed by atoms with E-state index in [9.17, 15) is 0 Å². The Balaban J connectivity index is 1.90. The minimum atomic E-state index is 0.0516. The highest BCUT2D eigenvalue weighted by atomic mass is 15.1. The first kappa shape index (κ1) is 19.5. The van der Waals surface area contributed by atoms with Crippen molar-refractivity contribution in [2.45, 2.75) is 77.7 Å². The summed E-state index contributed by atoms with van der Waals surface area (Å²) in [5.74, 6) is 0. The first-order valence-electron chi connectivity index (χ1n) is 11.8. The van der Waals surface area contributed by atoms with Crippen molar-refractivity contribution in [3.8, 4) is 11.3 Å². The first-order chi connectivity index (χ1) is 14.5. The molecule has 154 valence electrons. The standard InChI is InChI=1S/C29H34N/c1-6-9-11-22-12-10-13-24-23(22)14-15-25-27(24)26-18-20(4)21(5)19-30(26)29(8-3)17-16-28(25,29)7-2/h10,12-19H,6-9,11H2,1-5H3/q+1. The summed E-state index contributed by atoms with van der Waals surface area (Å²) in [5, 5.41) is 2.86. The van der Waals surface area contributed by atoms with Gasteiger partial charge in [-0.2, -0.15) is 4.57 Å². The molecular weight excluding hydrogens is 362 g/mol. The van der Waals surface area contributed by atoms with Crippen LogP contribution in [0.5, 0.6) is 0 Å². The summed E-state index contributed by atoms with van der Waals surface area (Å²) in [6.07, 6.45) is 13.3. The molecule has 1 aliphatic heterocycles. The molecule has 1 nitrogen and oxygen atoms in total. The number of fused-ring (bicyclic) bond motifs is 8. The summed E-state index contributed by atoms with van der Waals surface area (Å²) in [6.45, 7) is 11.5. The van der Waals surface area contributed by atoms with Gasteiger partial charge in [0.1, 0.15) is 0 Å². The minimum absolute atomic E-state index is 0.0516. The highest BCUT2D eigenvalue weighted by Crippen LogP contribution is 2.58. The fourth-order valence-corrected chi connectivity index (χ4v) is 6.25. The Morgan fingerprint density at radius 3 is 2.37 bits per heavy atom. The van der Waals surface area contributed by atoms with E-state index in [1.165, 1.54) is 57.1 Å². The van der Waals surface area contributed by atoms with Crippen LogP contribution in [0.2, 0.25) is 0 Å². The summed E-state index contributed by atoms with van der Waals surface area (Å²) in [5.41, 5.74) is 8.77. The van der Waals surface area contributed by atoms with Crippen molar-refractivity contribution in [1.29, 1.82) is 0 Å². The van der Waals surface area contributed by atoms with Crippen LogP contribution in [0.4, 0.5) is 0 Å². The predicted octanol–water partition coefficient (Wildman–Crippen LogP) is 7.09. The second-order valence-electron chi connectivity index (χ2n) is 9.43. The van der Waals surface area contributed by atoms with Gasteiger partial charge in [0.15, 0.2) is 11.7 Å². The molecule has 1 aromatic heterocycles. The van der Waals surface area contributed by atoms with Gasteiger partial charge in [-0.05, 0) is 66.6 Å². The van der Waals surface area contributed by atoms with Crippen molar-refractivity contribution in [2.75, 3.05) is 0 Å². The smallest absolute Gasteiger partial charge is 0.188 e. The van der Waals surface area contributed by atoms with Crippen LogP contribution in [-0.2, 0) is 17.4 Å². The lowest BCUT2D eigenvalue weighted by molar-refractivity contribution is -0.759. The Hall–Kier alpha value is -2.41. The Labute approximate surface area is 181 Å². The molecule has 5 rings (SSSR count). The van der Waals surface area contributed by atoms with Gasteiger partial charge < -0.3 is 0 Å². The summed E-state index contributed by atoms with van der Waals surface area (Å²) in [7, 11) is 0. The molecule has 0 amide bonds. The third-order valence-corrected chi connectivity index (χ3v) is 8.19. The third kappa shape index (κ3) is 2.27. The molecule has 0 N–H and O–H groups in total. The lowest BCUT2D eigenvalue weighted by Gasteiger charge is -2.52. The molecule has 3 aromatic rings. The van der Waals surface area contributed by atoms with Crippen molar-refractivity contribution in [2.24, 2.45) is 0 Å². The van der Waals surface area contributed by atoms with Crippen LogP contribution in [0.25, 0.3) is 22.0 Å². The van der Waals surface area contributed by atoms with Crippen molar-refractivity contribution >= 4 is 10.8 Å². The Kier molecular flexibility index (Phi) is 4.43. The van der Waals surface area contributed by atoms with Crippen LogP contribution in [0.3, 0.4) is 0 Å². The molecule has 0 fully saturated rings. The average molecular weight is 397 g/mol. The second-order valence-corrected chi connectivity index (χ2v) is 9.43. The maximum atomic E-state index is 2.62. The highest BCUT2D eigenvalue weighted by Gasteiger charge is 2.64. The number of rotatable bonds is 5. The van der Waals surface area contributed by atoms with Crippen LogP contribution >= 0.6 is 0 Å². The number of benzene rings is 2. The topological polar surface area (TPSA) is 3.88 Å². The van der Waals surface area contributed by atoms with Crippen molar-refractivity contribution in [3.05, 3.63) is 77.0 Å². The number of allylic oxidation sites excluding steroid dienone is 2. The predicted molar refractivity (Wildman–Crippen MR) is 127 cm³/mol. The Morgan fingerprint density at radius 1 is 0.867 bits per heavy atom. The van der Waals surface area contributed by atoms with E-state index in [0.717, 1.165) is 19.3 Å². The number of aromatic nitrogens is 1. The van der Waals surface area contributed by atoms with E-state index in [0.29, 0.717) is 0 Å². The van der Waals surface area contributed by atoms with Gasteiger partial charge in [0.25, 0.3) is 0 Å². The van der Waals surface area contributed by atoms with Gasteiger partial charge in [0.05, 0.1) is 11.0 Å². The number of pyridine rings is 1. The largest absolute Gasteiger partial charge is 0.214 e. The molecule has 0 saturated heterocycles. The van der Waals surface area contributed by atoms with Crippen LogP contribution in [-0.4, -0.2) is 0 Å².